The molecule has 3 aromatic rings. The highest BCUT2D eigenvalue weighted by Gasteiger charge is 2.18. The van der Waals surface area contributed by atoms with Gasteiger partial charge in [-0.25, -0.2) is 4.79 Å². The predicted octanol–water partition coefficient (Wildman–Crippen LogP) is 4.05. The highest BCUT2D eigenvalue weighted by atomic mass is 32.1. The first-order valence-corrected chi connectivity index (χ1v) is 6.82. The molecule has 20 heavy (non-hydrogen) atoms. The second-order valence-electron chi connectivity index (χ2n) is 4.32. The van der Waals surface area contributed by atoms with Gasteiger partial charge in [0, 0.05) is 11.1 Å². The lowest BCUT2D eigenvalue weighted by Gasteiger charge is -2.07. The van der Waals surface area contributed by atoms with Crippen molar-refractivity contribution >= 4 is 38.8 Å². The monoisotopic (exact) mass is 285 g/mol. The Morgan fingerprint density at radius 1 is 1.10 bits per heavy atom. The molecule has 0 atom stereocenters. The van der Waals surface area contributed by atoms with Crippen molar-refractivity contribution in [2.75, 3.05) is 5.32 Å². The highest BCUT2D eigenvalue weighted by Crippen LogP contribution is 2.35. The van der Waals surface area contributed by atoms with Gasteiger partial charge in [-0.3, -0.25) is 0 Å². The van der Waals surface area contributed by atoms with Crippen LogP contribution in [0.1, 0.15) is 10.4 Å². The molecule has 0 amide bonds. The number of aromatic carboxylic acids is 1. The summed E-state index contributed by atoms with van der Waals surface area (Å²) in [5.41, 5.74) is 0.691. The molecule has 0 unspecified atom stereocenters. The minimum atomic E-state index is -1.15. The van der Waals surface area contributed by atoms with E-state index in [4.69, 9.17) is 5.11 Å². The largest absolute Gasteiger partial charge is 0.506 e. The molecule has 5 heteroatoms. The minimum Gasteiger partial charge on any atom is -0.506 e. The van der Waals surface area contributed by atoms with Gasteiger partial charge in [0.1, 0.15) is 16.3 Å². The van der Waals surface area contributed by atoms with Crippen molar-refractivity contribution in [2.24, 2.45) is 0 Å². The summed E-state index contributed by atoms with van der Waals surface area (Å²) < 4.78 is 0. The van der Waals surface area contributed by atoms with Crippen LogP contribution >= 0.6 is 11.3 Å². The number of thiophene rings is 1. The maximum atomic E-state index is 11.1. The Hall–Kier alpha value is -2.53. The van der Waals surface area contributed by atoms with E-state index in [9.17, 15) is 9.90 Å². The first kappa shape index (κ1) is 12.5. The third kappa shape index (κ3) is 2.19. The van der Waals surface area contributed by atoms with Gasteiger partial charge < -0.3 is 15.5 Å². The van der Waals surface area contributed by atoms with Crippen LogP contribution in [0.15, 0.2) is 47.8 Å². The average Bonchev–Trinajstić information content (AvgIpc) is 2.79. The molecule has 1 heterocycles. The SMILES string of the molecule is O=C(O)c1c(O)csc1Nc1ccc2ccccc2c1. The molecule has 3 N–H and O–H groups in total. The number of hydrogen-bond acceptors (Lipinski definition) is 4. The van der Waals surface area contributed by atoms with Gasteiger partial charge in [-0.05, 0) is 22.9 Å². The van der Waals surface area contributed by atoms with E-state index in [1.165, 1.54) is 5.38 Å². The van der Waals surface area contributed by atoms with E-state index in [2.05, 4.69) is 5.32 Å². The average molecular weight is 285 g/mol. The summed E-state index contributed by atoms with van der Waals surface area (Å²) in [5, 5.41) is 25.7. The molecule has 0 aliphatic carbocycles. The fourth-order valence-corrected chi connectivity index (χ4v) is 2.88. The minimum absolute atomic E-state index is 0.0943. The molecule has 0 spiro atoms. The van der Waals surface area contributed by atoms with E-state index in [1.54, 1.807) is 0 Å². The number of fused-ring (bicyclic) bond motifs is 1. The number of nitrogens with one attached hydrogen (secondary N) is 1. The van der Waals surface area contributed by atoms with Crippen LogP contribution in [0.5, 0.6) is 5.75 Å². The van der Waals surface area contributed by atoms with Gasteiger partial charge in [-0.2, -0.15) is 0 Å². The lowest BCUT2D eigenvalue weighted by atomic mass is 10.1. The number of benzene rings is 2. The predicted molar refractivity (Wildman–Crippen MR) is 80.2 cm³/mol. The summed E-state index contributed by atoms with van der Waals surface area (Å²) in [6.45, 7) is 0. The molecule has 0 aliphatic rings. The second kappa shape index (κ2) is 4.86. The summed E-state index contributed by atoms with van der Waals surface area (Å²) in [5.74, 6) is -1.36. The summed E-state index contributed by atoms with van der Waals surface area (Å²) in [6.07, 6.45) is 0. The lowest BCUT2D eigenvalue weighted by Crippen LogP contribution is -1.99. The molecule has 0 aliphatic heterocycles. The zero-order valence-electron chi connectivity index (χ0n) is 10.3. The quantitative estimate of drug-likeness (QED) is 0.679. The number of carboxylic acids is 1. The van der Waals surface area contributed by atoms with Gasteiger partial charge in [-0.15, -0.1) is 11.3 Å². The van der Waals surface area contributed by atoms with Crippen molar-refractivity contribution in [1.82, 2.24) is 0 Å². The van der Waals surface area contributed by atoms with Gasteiger partial charge in [0.2, 0.25) is 0 Å². The Morgan fingerprint density at radius 3 is 2.60 bits per heavy atom. The van der Waals surface area contributed by atoms with E-state index in [0.717, 1.165) is 27.8 Å². The smallest absolute Gasteiger partial charge is 0.342 e. The Kier molecular flexibility index (Phi) is 3.04. The van der Waals surface area contributed by atoms with Crippen molar-refractivity contribution in [3.63, 3.8) is 0 Å². The number of anilines is 2. The molecule has 3 rings (SSSR count). The van der Waals surface area contributed by atoms with Crippen LogP contribution in [0, 0.1) is 0 Å². The maximum absolute atomic E-state index is 11.1. The van der Waals surface area contributed by atoms with Crippen molar-refractivity contribution in [3.05, 3.63) is 53.4 Å². The van der Waals surface area contributed by atoms with Crippen LogP contribution in [-0.4, -0.2) is 16.2 Å². The van der Waals surface area contributed by atoms with E-state index >= 15 is 0 Å². The van der Waals surface area contributed by atoms with Crippen molar-refractivity contribution < 1.29 is 15.0 Å². The van der Waals surface area contributed by atoms with Crippen LogP contribution < -0.4 is 5.32 Å². The Bertz CT molecular complexity index is 795. The topological polar surface area (TPSA) is 69.6 Å². The molecule has 100 valence electrons. The molecular formula is C15H11NO3S. The van der Waals surface area contributed by atoms with Crippen molar-refractivity contribution in [2.45, 2.75) is 0 Å². The summed E-state index contributed by atoms with van der Waals surface area (Å²) in [6, 6.07) is 13.7. The number of aromatic hydroxyl groups is 1. The van der Waals surface area contributed by atoms with Crippen LogP contribution in [0.4, 0.5) is 10.7 Å². The highest BCUT2D eigenvalue weighted by molar-refractivity contribution is 7.15. The summed E-state index contributed by atoms with van der Waals surface area (Å²) in [7, 11) is 0. The molecular weight excluding hydrogens is 274 g/mol. The third-order valence-corrected chi connectivity index (χ3v) is 3.88. The fourth-order valence-electron chi connectivity index (χ4n) is 2.05. The van der Waals surface area contributed by atoms with Crippen molar-refractivity contribution in [1.29, 1.82) is 0 Å². The summed E-state index contributed by atoms with van der Waals surface area (Å²) >= 11 is 1.16. The van der Waals surface area contributed by atoms with E-state index < -0.39 is 5.97 Å². The summed E-state index contributed by atoms with van der Waals surface area (Å²) in [4.78, 5) is 11.1. The fraction of sp³-hybridized carbons (Fsp3) is 0. The van der Waals surface area contributed by atoms with Crippen LogP contribution in [-0.2, 0) is 0 Å². The van der Waals surface area contributed by atoms with Gasteiger partial charge in [0.25, 0.3) is 0 Å². The van der Waals surface area contributed by atoms with E-state index in [1.807, 2.05) is 42.5 Å². The first-order chi connectivity index (χ1) is 9.65. The van der Waals surface area contributed by atoms with Crippen molar-refractivity contribution in [3.8, 4) is 5.75 Å². The molecule has 0 saturated carbocycles. The van der Waals surface area contributed by atoms with Crippen LogP contribution in [0.2, 0.25) is 0 Å². The first-order valence-electron chi connectivity index (χ1n) is 5.95. The van der Waals surface area contributed by atoms with E-state index in [-0.39, 0.29) is 11.3 Å². The molecule has 0 bridgehead atoms. The lowest BCUT2D eigenvalue weighted by molar-refractivity contribution is 0.0695. The standard InChI is InChI=1S/C15H11NO3S/c17-12-8-20-14(13(12)15(18)19)16-11-6-5-9-3-1-2-4-10(9)7-11/h1-8,16-17H,(H,18,19). The van der Waals surface area contributed by atoms with E-state index in [0.29, 0.717) is 5.00 Å². The number of hydrogen-bond donors (Lipinski definition) is 3. The molecule has 4 nitrogen and oxygen atoms in total. The molecule has 2 aromatic carbocycles. The zero-order valence-corrected chi connectivity index (χ0v) is 11.1. The Labute approximate surface area is 118 Å². The van der Waals surface area contributed by atoms with Gasteiger partial charge >= 0.3 is 5.97 Å². The Morgan fingerprint density at radius 2 is 1.85 bits per heavy atom. The molecule has 0 fully saturated rings. The maximum Gasteiger partial charge on any atom is 0.342 e. The van der Waals surface area contributed by atoms with Gasteiger partial charge in [0.05, 0.1) is 0 Å². The zero-order chi connectivity index (χ0) is 14.1. The molecule has 0 radical (unpaired) electrons. The van der Waals surface area contributed by atoms with Gasteiger partial charge in [-0.1, -0.05) is 30.3 Å². The third-order valence-electron chi connectivity index (χ3n) is 2.99. The number of carboxylic acid groups (broad SMARTS) is 1. The molecule has 1 aromatic heterocycles. The van der Waals surface area contributed by atoms with Crippen LogP contribution in [0.25, 0.3) is 10.8 Å². The second-order valence-corrected chi connectivity index (χ2v) is 5.20. The molecule has 0 saturated heterocycles. The van der Waals surface area contributed by atoms with Crippen LogP contribution in [0.3, 0.4) is 0 Å². The number of carbonyl (C=O) groups is 1. The number of rotatable bonds is 3. The Balaban J connectivity index is 1.99. The normalized spacial score (nSPS) is 10.6. The van der Waals surface area contributed by atoms with Gasteiger partial charge in [0.15, 0.2) is 0 Å².